The third kappa shape index (κ3) is 4.06. The molecule has 2 N–H and O–H groups in total. The van der Waals surface area contributed by atoms with E-state index >= 15 is 0 Å². The molecule has 1 unspecified atom stereocenters. The number of nitrogens with zero attached hydrogens (tertiary/aromatic N) is 1. The van der Waals surface area contributed by atoms with Crippen LogP contribution in [0.4, 0.5) is 5.69 Å². The molecule has 4 heteroatoms. The molecule has 0 aliphatic rings. The van der Waals surface area contributed by atoms with Crippen LogP contribution in [0.2, 0.25) is 0 Å². The number of anilines is 1. The topological polar surface area (TPSA) is 54.4 Å². The average molecular weight is 224 g/mol. The molecule has 0 aliphatic heterocycles. The van der Waals surface area contributed by atoms with Crippen molar-refractivity contribution in [3.05, 3.63) is 18.3 Å². The Hall–Kier alpha value is -1.29. The zero-order chi connectivity index (χ0) is 12.0. The minimum absolute atomic E-state index is 0.103. The van der Waals surface area contributed by atoms with Crippen molar-refractivity contribution >= 4 is 5.69 Å². The van der Waals surface area contributed by atoms with Gasteiger partial charge in [-0.15, -0.1) is 0 Å². The van der Waals surface area contributed by atoms with Crippen LogP contribution < -0.4 is 10.1 Å². The van der Waals surface area contributed by atoms with Crippen molar-refractivity contribution in [1.29, 1.82) is 0 Å². The quantitative estimate of drug-likeness (QED) is 0.775. The summed E-state index contributed by atoms with van der Waals surface area (Å²) >= 11 is 0. The maximum absolute atomic E-state index is 8.94. The number of aliphatic hydroxyl groups is 1. The van der Waals surface area contributed by atoms with Gasteiger partial charge in [0, 0.05) is 19.3 Å². The minimum Gasteiger partial charge on any atom is -0.473 e. The fourth-order valence-corrected chi connectivity index (χ4v) is 1.19. The molecule has 1 rings (SSSR count). The van der Waals surface area contributed by atoms with Gasteiger partial charge >= 0.3 is 0 Å². The first-order valence-corrected chi connectivity index (χ1v) is 5.60. The first kappa shape index (κ1) is 12.8. The molecular weight excluding hydrogens is 204 g/mol. The van der Waals surface area contributed by atoms with Gasteiger partial charge in [0.15, 0.2) is 0 Å². The van der Waals surface area contributed by atoms with E-state index in [-0.39, 0.29) is 18.6 Å². The standard InChI is InChI=1S/C12H20N2O2/c1-9(2)16-12-11(5-4-6-13-12)14-7-10(3)8-15/h4-6,9-10,14-15H,7-8H2,1-3H3. The summed E-state index contributed by atoms with van der Waals surface area (Å²) in [7, 11) is 0. The fourth-order valence-electron chi connectivity index (χ4n) is 1.19. The van der Waals surface area contributed by atoms with Crippen LogP contribution in [-0.4, -0.2) is 29.3 Å². The number of pyridine rings is 1. The predicted octanol–water partition coefficient (Wildman–Crippen LogP) is 1.91. The second-order valence-electron chi connectivity index (χ2n) is 4.19. The van der Waals surface area contributed by atoms with E-state index in [0.29, 0.717) is 12.4 Å². The molecule has 90 valence electrons. The lowest BCUT2D eigenvalue weighted by atomic mass is 10.2. The Morgan fingerprint density at radius 3 is 2.81 bits per heavy atom. The maximum Gasteiger partial charge on any atom is 0.237 e. The molecule has 0 spiro atoms. The van der Waals surface area contributed by atoms with Crippen LogP contribution in [0.5, 0.6) is 5.88 Å². The van der Waals surface area contributed by atoms with E-state index < -0.39 is 0 Å². The van der Waals surface area contributed by atoms with Gasteiger partial charge in [-0.25, -0.2) is 4.98 Å². The first-order chi connectivity index (χ1) is 7.63. The minimum atomic E-state index is 0.103. The zero-order valence-corrected chi connectivity index (χ0v) is 10.1. The van der Waals surface area contributed by atoms with Gasteiger partial charge in [0.2, 0.25) is 5.88 Å². The molecule has 0 fully saturated rings. The van der Waals surface area contributed by atoms with Gasteiger partial charge in [-0.2, -0.15) is 0 Å². The summed E-state index contributed by atoms with van der Waals surface area (Å²) in [6.45, 7) is 6.79. The lowest BCUT2D eigenvalue weighted by Gasteiger charge is -2.15. The Balaban J connectivity index is 2.63. The molecule has 0 amide bonds. The van der Waals surface area contributed by atoms with E-state index in [1.54, 1.807) is 6.20 Å². The van der Waals surface area contributed by atoms with Gasteiger partial charge in [-0.05, 0) is 31.9 Å². The number of rotatable bonds is 6. The Morgan fingerprint density at radius 2 is 2.19 bits per heavy atom. The molecule has 0 radical (unpaired) electrons. The Kier molecular flexibility index (Phi) is 5.05. The fraction of sp³-hybridized carbons (Fsp3) is 0.583. The number of hydrogen-bond donors (Lipinski definition) is 2. The summed E-state index contributed by atoms with van der Waals surface area (Å²) in [4.78, 5) is 4.18. The molecule has 1 heterocycles. The van der Waals surface area contributed by atoms with Crippen LogP contribution in [0.15, 0.2) is 18.3 Å². The molecule has 0 aliphatic carbocycles. The number of nitrogens with one attached hydrogen (secondary N) is 1. The van der Waals surface area contributed by atoms with Gasteiger partial charge in [-0.3, -0.25) is 0 Å². The van der Waals surface area contributed by atoms with Crippen LogP contribution in [0.1, 0.15) is 20.8 Å². The highest BCUT2D eigenvalue weighted by Gasteiger charge is 2.07. The van der Waals surface area contributed by atoms with Crippen LogP contribution in [-0.2, 0) is 0 Å². The van der Waals surface area contributed by atoms with Crippen molar-refractivity contribution in [2.24, 2.45) is 5.92 Å². The van der Waals surface area contributed by atoms with E-state index in [1.165, 1.54) is 0 Å². The summed E-state index contributed by atoms with van der Waals surface area (Å²) in [5, 5.41) is 12.2. The van der Waals surface area contributed by atoms with Gasteiger partial charge in [0.05, 0.1) is 11.8 Å². The molecule has 16 heavy (non-hydrogen) atoms. The Bertz CT molecular complexity index is 316. The molecule has 1 atom stereocenters. The molecule has 0 saturated heterocycles. The second kappa shape index (κ2) is 6.33. The third-order valence-corrected chi connectivity index (χ3v) is 2.07. The molecule has 1 aromatic rings. The molecule has 1 aromatic heterocycles. The average Bonchev–Trinajstić information content (AvgIpc) is 2.26. The van der Waals surface area contributed by atoms with Crippen molar-refractivity contribution < 1.29 is 9.84 Å². The molecule has 4 nitrogen and oxygen atoms in total. The van der Waals surface area contributed by atoms with Crippen LogP contribution >= 0.6 is 0 Å². The monoisotopic (exact) mass is 224 g/mol. The van der Waals surface area contributed by atoms with Gasteiger partial charge in [-0.1, -0.05) is 6.92 Å². The molecule has 0 bridgehead atoms. The zero-order valence-electron chi connectivity index (χ0n) is 10.1. The summed E-state index contributed by atoms with van der Waals surface area (Å²) in [5.74, 6) is 0.828. The number of aliphatic hydroxyl groups excluding tert-OH is 1. The van der Waals surface area contributed by atoms with Crippen molar-refractivity contribution in [3.8, 4) is 5.88 Å². The highest BCUT2D eigenvalue weighted by Crippen LogP contribution is 2.21. The van der Waals surface area contributed by atoms with Crippen LogP contribution in [0.25, 0.3) is 0 Å². The van der Waals surface area contributed by atoms with Gasteiger partial charge in [0.25, 0.3) is 0 Å². The van der Waals surface area contributed by atoms with E-state index in [0.717, 1.165) is 5.69 Å². The van der Waals surface area contributed by atoms with Crippen molar-refractivity contribution in [2.75, 3.05) is 18.5 Å². The van der Waals surface area contributed by atoms with E-state index in [4.69, 9.17) is 9.84 Å². The van der Waals surface area contributed by atoms with Crippen LogP contribution in [0, 0.1) is 5.92 Å². The lowest BCUT2D eigenvalue weighted by Crippen LogP contribution is -2.16. The first-order valence-electron chi connectivity index (χ1n) is 5.60. The van der Waals surface area contributed by atoms with E-state index in [2.05, 4.69) is 10.3 Å². The Labute approximate surface area is 96.7 Å². The number of hydrogen-bond acceptors (Lipinski definition) is 4. The summed E-state index contributed by atoms with van der Waals surface area (Å²) in [6.07, 6.45) is 1.81. The van der Waals surface area contributed by atoms with Gasteiger partial charge in [0.1, 0.15) is 0 Å². The summed E-state index contributed by atoms with van der Waals surface area (Å²) in [5.41, 5.74) is 0.872. The van der Waals surface area contributed by atoms with Crippen molar-refractivity contribution in [1.82, 2.24) is 4.98 Å². The molecule has 0 aromatic carbocycles. The lowest BCUT2D eigenvalue weighted by molar-refractivity contribution is 0.232. The third-order valence-electron chi connectivity index (χ3n) is 2.07. The number of aromatic nitrogens is 1. The Morgan fingerprint density at radius 1 is 1.44 bits per heavy atom. The smallest absolute Gasteiger partial charge is 0.237 e. The molecular formula is C12H20N2O2. The largest absolute Gasteiger partial charge is 0.473 e. The second-order valence-corrected chi connectivity index (χ2v) is 4.19. The van der Waals surface area contributed by atoms with Crippen molar-refractivity contribution in [2.45, 2.75) is 26.9 Å². The predicted molar refractivity (Wildman–Crippen MR) is 64.7 cm³/mol. The number of ether oxygens (including phenoxy) is 1. The maximum atomic E-state index is 8.94. The van der Waals surface area contributed by atoms with Gasteiger partial charge < -0.3 is 15.2 Å². The van der Waals surface area contributed by atoms with Crippen molar-refractivity contribution in [3.63, 3.8) is 0 Å². The van der Waals surface area contributed by atoms with E-state index in [1.807, 2.05) is 32.9 Å². The summed E-state index contributed by atoms with van der Waals surface area (Å²) in [6, 6.07) is 3.79. The highest BCUT2D eigenvalue weighted by atomic mass is 16.5. The highest BCUT2D eigenvalue weighted by molar-refractivity contribution is 5.52. The normalized spacial score (nSPS) is 12.6. The SMILES string of the molecule is CC(CO)CNc1cccnc1OC(C)C. The van der Waals surface area contributed by atoms with E-state index in [9.17, 15) is 0 Å². The molecule has 0 saturated carbocycles. The van der Waals surface area contributed by atoms with Crippen LogP contribution in [0.3, 0.4) is 0 Å². The summed E-state index contributed by atoms with van der Waals surface area (Å²) < 4.78 is 5.58.